The average Bonchev–Trinajstić information content (AvgIpc) is 2.40. The summed E-state index contributed by atoms with van der Waals surface area (Å²) in [5.74, 6) is -0.886. The third-order valence-electron chi connectivity index (χ3n) is 2.51. The molecule has 3 N–H and O–H groups in total. The molecule has 114 valence electrons. The molecule has 0 aliphatic heterocycles. The zero-order chi connectivity index (χ0) is 15.8. The van der Waals surface area contributed by atoms with Crippen LogP contribution in [0.4, 0.5) is 16.2 Å². The highest BCUT2D eigenvalue weighted by molar-refractivity contribution is 6.33. The Morgan fingerprint density at radius 3 is 2.67 bits per heavy atom. The summed E-state index contributed by atoms with van der Waals surface area (Å²) < 4.78 is 0. The van der Waals surface area contributed by atoms with E-state index in [0.29, 0.717) is 19.4 Å². The summed E-state index contributed by atoms with van der Waals surface area (Å²) >= 11 is 5.83. The first kappa shape index (κ1) is 16.7. The van der Waals surface area contributed by atoms with Crippen molar-refractivity contribution in [2.45, 2.75) is 19.3 Å². The lowest BCUT2D eigenvalue weighted by atomic mass is 10.2. The predicted molar refractivity (Wildman–Crippen MR) is 76.6 cm³/mol. The van der Waals surface area contributed by atoms with E-state index in [0.717, 1.165) is 6.07 Å². The van der Waals surface area contributed by atoms with Crippen molar-refractivity contribution in [1.82, 2.24) is 5.32 Å². The van der Waals surface area contributed by atoms with Gasteiger partial charge in [-0.3, -0.25) is 14.9 Å². The van der Waals surface area contributed by atoms with Crippen LogP contribution in [0.2, 0.25) is 5.02 Å². The summed E-state index contributed by atoms with van der Waals surface area (Å²) in [6.07, 6.45) is 1.01. The number of hydrogen-bond acceptors (Lipinski definition) is 4. The zero-order valence-corrected chi connectivity index (χ0v) is 11.7. The van der Waals surface area contributed by atoms with Crippen LogP contribution in [-0.2, 0) is 4.79 Å². The molecule has 0 aliphatic rings. The van der Waals surface area contributed by atoms with Gasteiger partial charge < -0.3 is 15.7 Å². The summed E-state index contributed by atoms with van der Waals surface area (Å²) in [4.78, 5) is 31.9. The van der Waals surface area contributed by atoms with Crippen LogP contribution in [-0.4, -0.2) is 28.6 Å². The van der Waals surface area contributed by atoms with Crippen LogP contribution < -0.4 is 10.6 Å². The first-order valence-corrected chi connectivity index (χ1v) is 6.48. The minimum absolute atomic E-state index is 0.0417. The number of urea groups is 1. The Balaban J connectivity index is 2.45. The standard InChI is InChI=1S/C12H14ClN3O5/c13-9-5-4-8(16(20)21)7-10(9)15-12(19)14-6-2-1-3-11(17)18/h4-5,7H,1-3,6H2,(H,17,18)(H2,14,15,19). The monoisotopic (exact) mass is 315 g/mol. The summed E-state index contributed by atoms with van der Waals surface area (Å²) in [6, 6.07) is 3.15. The van der Waals surface area contributed by atoms with Crippen LogP contribution in [0.25, 0.3) is 0 Å². The van der Waals surface area contributed by atoms with Crippen molar-refractivity contribution in [3.63, 3.8) is 0 Å². The predicted octanol–water partition coefficient (Wildman–Crippen LogP) is 2.62. The number of carboxylic acids is 1. The van der Waals surface area contributed by atoms with Gasteiger partial charge in [0.05, 0.1) is 15.6 Å². The molecule has 0 saturated heterocycles. The van der Waals surface area contributed by atoms with Crippen molar-refractivity contribution in [3.05, 3.63) is 33.3 Å². The molecule has 0 aliphatic carbocycles. The zero-order valence-electron chi connectivity index (χ0n) is 11.0. The van der Waals surface area contributed by atoms with Gasteiger partial charge in [0.2, 0.25) is 0 Å². The Labute approximate surface area is 125 Å². The number of carbonyl (C=O) groups is 2. The molecular weight excluding hydrogens is 302 g/mol. The van der Waals surface area contributed by atoms with E-state index in [1.807, 2.05) is 0 Å². The van der Waals surface area contributed by atoms with Gasteiger partial charge in [0.15, 0.2) is 0 Å². The largest absolute Gasteiger partial charge is 0.481 e. The highest BCUT2D eigenvalue weighted by atomic mass is 35.5. The third-order valence-corrected chi connectivity index (χ3v) is 2.84. The number of non-ortho nitro benzene ring substituents is 1. The molecule has 0 bridgehead atoms. The Bertz CT molecular complexity index is 550. The lowest BCUT2D eigenvalue weighted by molar-refractivity contribution is -0.384. The van der Waals surface area contributed by atoms with Crippen LogP contribution in [0.3, 0.4) is 0 Å². The van der Waals surface area contributed by atoms with E-state index in [1.165, 1.54) is 12.1 Å². The van der Waals surface area contributed by atoms with Gasteiger partial charge in [0.1, 0.15) is 0 Å². The van der Waals surface area contributed by atoms with Crippen molar-refractivity contribution in [2.24, 2.45) is 0 Å². The number of nitro groups is 1. The molecule has 0 aromatic heterocycles. The summed E-state index contributed by atoms with van der Waals surface area (Å²) in [5, 5.41) is 24.2. The van der Waals surface area contributed by atoms with Gasteiger partial charge in [-0.1, -0.05) is 11.6 Å². The number of rotatable bonds is 7. The SMILES string of the molecule is O=C(O)CCCCNC(=O)Nc1cc([N+](=O)[O-])ccc1Cl. The van der Waals surface area contributed by atoms with Crippen molar-refractivity contribution in [2.75, 3.05) is 11.9 Å². The van der Waals surface area contributed by atoms with Gasteiger partial charge in [-0.15, -0.1) is 0 Å². The van der Waals surface area contributed by atoms with Gasteiger partial charge in [-0.25, -0.2) is 4.79 Å². The van der Waals surface area contributed by atoms with E-state index in [9.17, 15) is 19.7 Å². The highest BCUT2D eigenvalue weighted by Crippen LogP contribution is 2.26. The van der Waals surface area contributed by atoms with Gasteiger partial charge in [-0.05, 0) is 18.9 Å². The van der Waals surface area contributed by atoms with Crippen LogP contribution in [0.15, 0.2) is 18.2 Å². The number of nitrogens with zero attached hydrogens (tertiary/aromatic N) is 1. The number of hydrogen-bond donors (Lipinski definition) is 3. The fourth-order valence-electron chi connectivity index (χ4n) is 1.49. The molecular formula is C12H14ClN3O5. The lowest BCUT2D eigenvalue weighted by Gasteiger charge is -2.08. The molecule has 1 rings (SSSR count). The smallest absolute Gasteiger partial charge is 0.319 e. The summed E-state index contributed by atoms with van der Waals surface area (Å²) in [6.45, 7) is 0.297. The molecule has 8 nitrogen and oxygen atoms in total. The van der Waals surface area contributed by atoms with Crippen molar-refractivity contribution in [3.8, 4) is 0 Å². The number of benzene rings is 1. The van der Waals surface area contributed by atoms with E-state index in [4.69, 9.17) is 16.7 Å². The first-order chi connectivity index (χ1) is 9.90. The van der Waals surface area contributed by atoms with Crippen molar-refractivity contribution < 1.29 is 19.6 Å². The Hall–Kier alpha value is -2.35. The molecule has 0 atom stereocenters. The van der Waals surface area contributed by atoms with Crippen LogP contribution in [0, 0.1) is 10.1 Å². The maximum Gasteiger partial charge on any atom is 0.319 e. The second-order valence-corrected chi connectivity index (χ2v) is 4.56. The van der Waals surface area contributed by atoms with E-state index in [1.54, 1.807) is 0 Å². The molecule has 21 heavy (non-hydrogen) atoms. The number of carboxylic acid groups (broad SMARTS) is 1. The molecule has 0 spiro atoms. The fraction of sp³-hybridized carbons (Fsp3) is 0.333. The molecule has 1 aromatic rings. The van der Waals surface area contributed by atoms with Crippen LogP contribution >= 0.6 is 11.6 Å². The second kappa shape index (κ2) is 8.05. The third kappa shape index (κ3) is 6.09. The number of aliphatic carboxylic acids is 1. The number of nitrogens with one attached hydrogen (secondary N) is 2. The number of anilines is 1. The Kier molecular flexibility index (Phi) is 6.41. The first-order valence-electron chi connectivity index (χ1n) is 6.10. The minimum Gasteiger partial charge on any atom is -0.481 e. The van der Waals surface area contributed by atoms with Gasteiger partial charge in [0.25, 0.3) is 5.69 Å². The minimum atomic E-state index is -0.886. The van der Waals surface area contributed by atoms with E-state index < -0.39 is 16.9 Å². The molecule has 0 radical (unpaired) electrons. The molecule has 0 heterocycles. The summed E-state index contributed by atoms with van der Waals surface area (Å²) in [5.41, 5.74) is -0.0509. The Morgan fingerprint density at radius 1 is 1.33 bits per heavy atom. The van der Waals surface area contributed by atoms with Crippen molar-refractivity contribution >= 4 is 35.0 Å². The molecule has 9 heteroatoms. The van der Waals surface area contributed by atoms with Crippen LogP contribution in [0.1, 0.15) is 19.3 Å². The molecule has 1 aromatic carbocycles. The lowest BCUT2D eigenvalue weighted by Crippen LogP contribution is -2.29. The quantitative estimate of drug-likeness (QED) is 0.405. The van der Waals surface area contributed by atoms with Gasteiger partial charge >= 0.3 is 12.0 Å². The van der Waals surface area contributed by atoms with Gasteiger partial charge in [0, 0.05) is 25.1 Å². The van der Waals surface area contributed by atoms with Gasteiger partial charge in [-0.2, -0.15) is 0 Å². The molecule has 0 fully saturated rings. The fourth-order valence-corrected chi connectivity index (χ4v) is 1.66. The normalized spacial score (nSPS) is 9.95. The number of amides is 2. The highest BCUT2D eigenvalue weighted by Gasteiger charge is 2.11. The van der Waals surface area contributed by atoms with Crippen molar-refractivity contribution in [1.29, 1.82) is 0 Å². The van der Waals surface area contributed by atoms with E-state index >= 15 is 0 Å². The average molecular weight is 316 g/mol. The number of unbranched alkanes of at least 4 members (excludes halogenated alkanes) is 1. The number of carbonyl (C=O) groups excluding carboxylic acids is 1. The Morgan fingerprint density at radius 2 is 2.05 bits per heavy atom. The molecule has 0 unspecified atom stereocenters. The molecule has 2 amide bonds. The summed E-state index contributed by atoms with van der Waals surface area (Å²) in [7, 11) is 0. The second-order valence-electron chi connectivity index (χ2n) is 4.15. The number of nitro benzene ring substituents is 1. The maximum atomic E-state index is 11.6. The number of halogens is 1. The topological polar surface area (TPSA) is 122 Å². The van der Waals surface area contributed by atoms with E-state index in [2.05, 4.69) is 10.6 Å². The van der Waals surface area contributed by atoms with E-state index in [-0.39, 0.29) is 22.8 Å². The molecule has 0 saturated carbocycles. The maximum absolute atomic E-state index is 11.6. The van der Waals surface area contributed by atoms with Crippen LogP contribution in [0.5, 0.6) is 0 Å².